The molecule has 2 aliphatic carbocycles. The molecule has 0 aromatic heterocycles. The smallest absolute Gasteiger partial charge is 0.160 e. The summed E-state index contributed by atoms with van der Waals surface area (Å²) in [5.74, 6) is 1.51. The lowest BCUT2D eigenvalue weighted by molar-refractivity contribution is -0.120. The van der Waals surface area contributed by atoms with Crippen molar-refractivity contribution >= 4 is 5.78 Å². The molecule has 3 heteroatoms. The minimum absolute atomic E-state index is 0.0182. The number of fused-ring (bicyclic) bond motifs is 1. The standard InChI is InChI=1S/C20H22O3/c1-4-14-11-15(20-17(22)7-5-12(2)19(14)20)9-13-6-8-16(21)18(10-13)23-3/h4-8,10,14-15,19-21H,1-2,9,11H2,3H3/t14-,15-,19+,20+/m0/s1. The molecule has 1 fully saturated rings. The largest absolute Gasteiger partial charge is 0.504 e. The molecule has 1 aromatic rings. The van der Waals surface area contributed by atoms with Gasteiger partial charge in [-0.25, -0.2) is 0 Å². The molecule has 1 N–H and O–H groups in total. The van der Waals surface area contributed by atoms with Gasteiger partial charge in [-0.05, 0) is 54.4 Å². The lowest BCUT2D eigenvalue weighted by atomic mass is 9.75. The third-order valence-electron chi connectivity index (χ3n) is 5.19. The third kappa shape index (κ3) is 2.72. The first kappa shape index (κ1) is 15.6. The zero-order chi connectivity index (χ0) is 16.6. The molecule has 23 heavy (non-hydrogen) atoms. The van der Waals surface area contributed by atoms with Crippen LogP contribution in [0.5, 0.6) is 11.5 Å². The van der Waals surface area contributed by atoms with Gasteiger partial charge in [0.25, 0.3) is 0 Å². The van der Waals surface area contributed by atoms with Gasteiger partial charge in [-0.1, -0.05) is 30.4 Å². The van der Waals surface area contributed by atoms with Gasteiger partial charge in [0.2, 0.25) is 0 Å². The van der Waals surface area contributed by atoms with Crippen molar-refractivity contribution in [2.24, 2.45) is 23.7 Å². The first-order valence-electron chi connectivity index (χ1n) is 7.94. The van der Waals surface area contributed by atoms with Gasteiger partial charge >= 0.3 is 0 Å². The van der Waals surface area contributed by atoms with Crippen molar-refractivity contribution in [3.8, 4) is 11.5 Å². The number of phenolic OH excluding ortho intramolecular Hbond substituents is 1. The average molecular weight is 310 g/mol. The maximum Gasteiger partial charge on any atom is 0.160 e. The zero-order valence-corrected chi connectivity index (χ0v) is 13.4. The molecule has 0 aliphatic heterocycles. The van der Waals surface area contributed by atoms with Crippen LogP contribution in [0.25, 0.3) is 0 Å². The Morgan fingerprint density at radius 1 is 1.35 bits per heavy atom. The summed E-state index contributed by atoms with van der Waals surface area (Å²) in [6.07, 6.45) is 7.21. The van der Waals surface area contributed by atoms with Crippen molar-refractivity contribution in [1.29, 1.82) is 0 Å². The van der Waals surface area contributed by atoms with Crippen LogP contribution in [0.15, 0.2) is 55.2 Å². The first-order valence-corrected chi connectivity index (χ1v) is 7.94. The summed E-state index contributed by atoms with van der Waals surface area (Å²) >= 11 is 0. The van der Waals surface area contributed by atoms with Crippen LogP contribution >= 0.6 is 0 Å². The number of carbonyl (C=O) groups is 1. The summed E-state index contributed by atoms with van der Waals surface area (Å²) < 4.78 is 5.18. The number of methoxy groups -OCH3 is 1. The quantitative estimate of drug-likeness (QED) is 0.863. The number of phenols is 1. The Labute approximate surface area is 137 Å². The Bertz CT molecular complexity index is 686. The van der Waals surface area contributed by atoms with E-state index < -0.39 is 0 Å². The van der Waals surface area contributed by atoms with Crippen molar-refractivity contribution in [2.45, 2.75) is 12.8 Å². The number of hydrogen-bond acceptors (Lipinski definition) is 3. The van der Waals surface area contributed by atoms with E-state index >= 15 is 0 Å². The van der Waals surface area contributed by atoms with Crippen LogP contribution in [-0.2, 0) is 11.2 Å². The fourth-order valence-electron chi connectivity index (χ4n) is 4.13. The van der Waals surface area contributed by atoms with Crippen LogP contribution < -0.4 is 4.74 Å². The highest BCUT2D eigenvalue weighted by Crippen LogP contribution is 2.49. The van der Waals surface area contributed by atoms with Crippen LogP contribution in [0.3, 0.4) is 0 Å². The Balaban J connectivity index is 1.88. The molecule has 0 spiro atoms. The molecule has 2 aliphatic rings. The molecule has 3 rings (SSSR count). The van der Waals surface area contributed by atoms with Crippen LogP contribution in [0, 0.1) is 23.7 Å². The van der Waals surface area contributed by atoms with E-state index in [4.69, 9.17) is 4.74 Å². The van der Waals surface area contributed by atoms with E-state index in [0.717, 1.165) is 24.0 Å². The number of ether oxygens (including phenoxy) is 1. The molecule has 1 saturated carbocycles. The molecule has 4 atom stereocenters. The van der Waals surface area contributed by atoms with Crippen LogP contribution in [0.2, 0.25) is 0 Å². The topological polar surface area (TPSA) is 46.5 Å². The Kier molecular flexibility index (Phi) is 4.12. The third-order valence-corrected chi connectivity index (χ3v) is 5.19. The number of ketones is 1. The van der Waals surface area contributed by atoms with Gasteiger partial charge in [-0.15, -0.1) is 6.58 Å². The summed E-state index contributed by atoms with van der Waals surface area (Å²) in [4.78, 5) is 12.4. The van der Waals surface area contributed by atoms with Crippen molar-refractivity contribution in [2.75, 3.05) is 7.11 Å². The van der Waals surface area contributed by atoms with E-state index in [2.05, 4.69) is 13.2 Å². The Morgan fingerprint density at radius 2 is 2.13 bits per heavy atom. The fraction of sp³-hybridized carbons (Fsp3) is 0.350. The minimum atomic E-state index is -0.0182. The second-order valence-electron chi connectivity index (χ2n) is 6.47. The lowest BCUT2D eigenvalue weighted by Crippen LogP contribution is -2.29. The monoisotopic (exact) mass is 310 g/mol. The van der Waals surface area contributed by atoms with Crippen molar-refractivity contribution in [1.82, 2.24) is 0 Å². The molecule has 0 amide bonds. The Hall–Kier alpha value is -2.29. The number of carbonyl (C=O) groups excluding carboxylic acids is 1. The summed E-state index contributed by atoms with van der Waals surface area (Å²) in [5.41, 5.74) is 2.10. The maximum atomic E-state index is 12.4. The highest BCUT2D eigenvalue weighted by Gasteiger charge is 2.46. The number of allylic oxidation sites excluding steroid dienone is 4. The molecule has 120 valence electrons. The second kappa shape index (κ2) is 6.07. The molecule has 0 saturated heterocycles. The van der Waals surface area contributed by atoms with Gasteiger partial charge < -0.3 is 9.84 Å². The number of hydrogen-bond donors (Lipinski definition) is 1. The molecule has 0 bridgehead atoms. The summed E-state index contributed by atoms with van der Waals surface area (Å²) in [6, 6.07) is 5.39. The van der Waals surface area contributed by atoms with Gasteiger partial charge in [0, 0.05) is 5.92 Å². The van der Waals surface area contributed by atoms with Crippen LogP contribution in [0.1, 0.15) is 12.0 Å². The molecular weight excluding hydrogens is 288 g/mol. The SMILES string of the molecule is C=C[C@H]1C[C@H](Cc2ccc(O)c(OC)c2)[C@@H]2C(=O)C=CC(=C)[C@@H]21. The molecule has 0 heterocycles. The summed E-state index contributed by atoms with van der Waals surface area (Å²) in [6.45, 7) is 8.07. The predicted molar refractivity (Wildman–Crippen MR) is 90.4 cm³/mol. The second-order valence-corrected chi connectivity index (χ2v) is 6.47. The molecule has 0 unspecified atom stereocenters. The summed E-state index contributed by atoms with van der Waals surface area (Å²) in [5, 5.41) is 9.73. The van der Waals surface area contributed by atoms with Gasteiger partial charge in [-0.2, -0.15) is 0 Å². The minimum Gasteiger partial charge on any atom is -0.504 e. The van der Waals surface area contributed by atoms with Crippen LogP contribution in [-0.4, -0.2) is 18.0 Å². The van der Waals surface area contributed by atoms with Crippen molar-refractivity contribution in [3.63, 3.8) is 0 Å². The van der Waals surface area contributed by atoms with Crippen molar-refractivity contribution in [3.05, 3.63) is 60.7 Å². The van der Waals surface area contributed by atoms with Gasteiger partial charge in [0.15, 0.2) is 17.3 Å². The molecule has 0 radical (unpaired) electrons. The van der Waals surface area contributed by atoms with Gasteiger partial charge in [-0.3, -0.25) is 4.79 Å². The van der Waals surface area contributed by atoms with E-state index in [1.165, 1.54) is 7.11 Å². The molecular formula is C20H22O3. The van der Waals surface area contributed by atoms with E-state index in [1.807, 2.05) is 24.3 Å². The average Bonchev–Trinajstić information content (AvgIpc) is 2.92. The van der Waals surface area contributed by atoms with E-state index in [9.17, 15) is 9.90 Å². The number of aromatic hydroxyl groups is 1. The highest BCUT2D eigenvalue weighted by atomic mass is 16.5. The molecule has 3 nitrogen and oxygen atoms in total. The first-order chi connectivity index (χ1) is 11.0. The highest BCUT2D eigenvalue weighted by molar-refractivity contribution is 5.94. The lowest BCUT2D eigenvalue weighted by Gasteiger charge is -2.28. The zero-order valence-electron chi connectivity index (χ0n) is 13.4. The van der Waals surface area contributed by atoms with Gasteiger partial charge in [0.05, 0.1) is 7.11 Å². The van der Waals surface area contributed by atoms with Gasteiger partial charge in [0.1, 0.15) is 0 Å². The maximum absolute atomic E-state index is 12.4. The fourth-order valence-corrected chi connectivity index (χ4v) is 4.13. The predicted octanol–water partition coefficient (Wildman–Crippen LogP) is 3.69. The van der Waals surface area contributed by atoms with E-state index in [0.29, 0.717) is 11.7 Å². The van der Waals surface area contributed by atoms with E-state index in [-0.39, 0.29) is 29.3 Å². The van der Waals surface area contributed by atoms with E-state index in [1.54, 1.807) is 12.1 Å². The van der Waals surface area contributed by atoms with Crippen molar-refractivity contribution < 1.29 is 14.6 Å². The number of benzene rings is 1. The normalized spacial score (nSPS) is 29.4. The Morgan fingerprint density at radius 3 is 2.83 bits per heavy atom. The molecule has 1 aromatic carbocycles. The van der Waals surface area contributed by atoms with Crippen LogP contribution in [0.4, 0.5) is 0 Å². The number of rotatable bonds is 4. The summed E-state index contributed by atoms with van der Waals surface area (Å²) in [7, 11) is 1.54.